The molecular formula is C24H18N4O6. The van der Waals surface area contributed by atoms with Gasteiger partial charge in [-0.15, -0.1) is 0 Å². The summed E-state index contributed by atoms with van der Waals surface area (Å²) in [7, 11) is 1.54. The van der Waals surface area contributed by atoms with Gasteiger partial charge >= 0.3 is 0 Å². The summed E-state index contributed by atoms with van der Waals surface area (Å²) in [5.74, 6) is 0.603. The first-order valence-electron chi connectivity index (χ1n) is 10.0. The smallest absolute Gasteiger partial charge is 0.270 e. The van der Waals surface area contributed by atoms with Crippen LogP contribution < -0.4 is 20.3 Å². The SMILES string of the molecule is COc1ccc(Oc2ccc([N+](=O)[O-])cc2C(=O)Nc2cccc(-c3ccc(=O)[nH]n3)c2)cc1. The predicted octanol–water partition coefficient (Wildman–Crippen LogP) is 4.40. The number of ether oxygens (including phenoxy) is 2. The Kier molecular flexibility index (Phi) is 6.31. The van der Waals surface area contributed by atoms with Crippen molar-refractivity contribution in [1.82, 2.24) is 10.2 Å². The lowest BCUT2D eigenvalue weighted by molar-refractivity contribution is -0.384. The number of hydrogen-bond donors (Lipinski definition) is 2. The van der Waals surface area contributed by atoms with Gasteiger partial charge in [0.1, 0.15) is 17.2 Å². The van der Waals surface area contributed by atoms with Crippen LogP contribution in [0.4, 0.5) is 11.4 Å². The third-order valence-corrected chi connectivity index (χ3v) is 4.80. The quantitative estimate of drug-likeness (QED) is 0.309. The van der Waals surface area contributed by atoms with Gasteiger partial charge in [0.25, 0.3) is 17.2 Å². The van der Waals surface area contributed by atoms with Crippen molar-refractivity contribution >= 4 is 17.3 Å². The number of nitro groups is 1. The summed E-state index contributed by atoms with van der Waals surface area (Å²) in [6.45, 7) is 0. The summed E-state index contributed by atoms with van der Waals surface area (Å²) >= 11 is 0. The van der Waals surface area contributed by atoms with Gasteiger partial charge in [0.15, 0.2) is 0 Å². The Bertz CT molecular complexity index is 1400. The molecule has 10 nitrogen and oxygen atoms in total. The summed E-state index contributed by atoms with van der Waals surface area (Å²) in [6.07, 6.45) is 0. The van der Waals surface area contributed by atoms with E-state index in [1.807, 2.05) is 0 Å². The van der Waals surface area contributed by atoms with Crippen LogP contribution in [-0.4, -0.2) is 28.1 Å². The first-order chi connectivity index (χ1) is 16.4. The molecule has 1 aromatic heterocycles. The lowest BCUT2D eigenvalue weighted by atomic mass is 10.1. The summed E-state index contributed by atoms with van der Waals surface area (Å²) in [5.41, 5.74) is 0.994. The third kappa shape index (κ3) is 5.07. The van der Waals surface area contributed by atoms with Crippen LogP contribution in [0.25, 0.3) is 11.3 Å². The van der Waals surface area contributed by atoms with Crippen molar-refractivity contribution in [3.05, 3.63) is 105 Å². The average Bonchev–Trinajstić information content (AvgIpc) is 2.85. The molecule has 0 bridgehead atoms. The molecule has 170 valence electrons. The molecule has 0 fully saturated rings. The third-order valence-electron chi connectivity index (χ3n) is 4.80. The number of benzene rings is 3. The second-order valence-corrected chi connectivity index (χ2v) is 7.06. The molecule has 10 heteroatoms. The van der Waals surface area contributed by atoms with Crippen LogP contribution in [0.15, 0.2) is 83.7 Å². The Morgan fingerprint density at radius 1 is 1.00 bits per heavy atom. The summed E-state index contributed by atoms with van der Waals surface area (Å²) in [5, 5.41) is 20.4. The molecule has 34 heavy (non-hydrogen) atoms. The molecule has 0 aliphatic heterocycles. The Hall–Kier alpha value is -4.99. The molecule has 0 atom stereocenters. The van der Waals surface area contributed by atoms with Gasteiger partial charge in [-0.3, -0.25) is 19.7 Å². The van der Waals surface area contributed by atoms with Crippen LogP contribution in [-0.2, 0) is 0 Å². The lowest BCUT2D eigenvalue weighted by Gasteiger charge is -2.12. The number of nitrogens with zero attached hydrogens (tertiary/aromatic N) is 2. The number of nitrogens with one attached hydrogen (secondary N) is 2. The highest BCUT2D eigenvalue weighted by Crippen LogP contribution is 2.31. The monoisotopic (exact) mass is 458 g/mol. The Morgan fingerprint density at radius 2 is 1.76 bits per heavy atom. The van der Waals surface area contributed by atoms with Crippen molar-refractivity contribution < 1.29 is 19.2 Å². The molecule has 2 N–H and O–H groups in total. The van der Waals surface area contributed by atoms with Crippen LogP contribution >= 0.6 is 0 Å². The molecule has 0 saturated heterocycles. The Balaban J connectivity index is 1.63. The van der Waals surface area contributed by atoms with Crippen molar-refractivity contribution in [3.8, 4) is 28.5 Å². The number of methoxy groups -OCH3 is 1. The molecule has 3 aromatic carbocycles. The van der Waals surface area contributed by atoms with E-state index in [1.54, 1.807) is 54.6 Å². The number of carbonyl (C=O) groups excluding carboxylic acids is 1. The molecular weight excluding hydrogens is 440 g/mol. The molecule has 4 rings (SSSR count). The van der Waals surface area contributed by atoms with Gasteiger partial charge in [-0.05, 0) is 48.5 Å². The summed E-state index contributed by atoms with van der Waals surface area (Å²) in [6, 6.07) is 20.2. The average molecular weight is 458 g/mol. The van der Waals surface area contributed by atoms with Gasteiger partial charge in [0, 0.05) is 29.4 Å². The second kappa shape index (κ2) is 9.65. The van der Waals surface area contributed by atoms with E-state index in [2.05, 4.69) is 15.5 Å². The zero-order chi connectivity index (χ0) is 24.1. The predicted molar refractivity (Wildman–Crippen MR) is 124 cm³/mol. The van der Waals surface area contributed by atoms with Crippen LogP contribution in [0.1, 0.15) is 10.4 Å². The normalized spacial score (nSPS) is 10.4. The fourth-order valence-electron chi connectivity index (χ4n) is 3.13. The highest BCUT2D eigenvalue weighted by Gasteiger charge is 2.19. The van der Waals surface area contributed by atoms with E-state index < -0.39 is 10.8 Å². The number of H-pyrrole nitrogens is 1. The van der Waals surface area contributed by atoms with Gasteiger partial charge in [0.2, 0.25) is 0 Å². The Morgan fingerprint density at radius 3 is 2.44 bits per heavy atom. The van der Waals surface area contributed by atoms with Crippen LogP contribution in [0.3, 0.4) is 0 Å². The molecule has 4 aromatic rings. The van der Waals surface area contributed by atoms with E-state index in [0.29, 0.717) is 28.4 Å². The lowest BCUT2D eigenvalue weighted by Crippen LogP contribution is -2.13. The minimum atomic E-state index is -0.598. The minimum absolute atomic E-state index is 0.0161. The van der Waals surface area contributed by atoms with Crippen molar-refractivity contribution in [1.29, 1.82) is 0 Å². The zero-order valence-corrected chi connectivity index (χ0v) is 17.8. The maximum atomic E-state index is 13.1. The maximum absolute atomic E-state index is 13.1. The number of aromatic nitrogens is 2. The number of non-ortho nitro benzene ring substituents is 1. The first-order valence-corrected chi connectivity index (χ1v) is 10.0. The summed E-state index contributed by atoms with van der Waals surface area (Å²) in [4.78, 5) is 35.0. The maximum Gasteiger partial charge on any atom is 0.270 e. The van der Waals surface area contributed by atoms with Gasteiger partial charge < -0.3 is 14.8 Å². The Labute approximate surface area is 192 Å². The number of hydrogen-bond acceptors (Lipinski definition) is 7. The minimum Gasteiger partial charge on any atom is -0.497 e. The number of carbonyl (C=O) groups is 1. The van der Waals surface area contributed by atoms with Crippen LogP contribution in [0.5, 0.6) is 17.2 Å². The van der Waals surface area contributed by atoms with E-state index in [0.717, 1.165) is 6.07 Å². The van der Waals surface area contributed by atoms with Crippen LogP contribution in [0.2, 0.25) is 0 Å². The molecule has 0 unspecified atom stereocenters. The molecule has 0 aliphatic carbocycles. The molecule has 0 radical (unpaired) electrons. The van der Waals surface area contributed by atoms with Gasteiger partial charge in [-0.2, -0.15) is 5.10 Å². The molecule has 0 aliphatic rings. The standard InChI is InChI=1S/C24H18N4O6/c1-33-18-6-8-19(9-7-18)34-22-11-5-17(28(31)32)14-20(22)24(30)25-16-4-2-3-15(13-16)21-10-12-23(29)27-26-21/h2-14H,1H3,(H,25,30)(H,27,29). The number of nitro benzene ring substituents is 1. The van der Waals surface area contributed by atoms with Crippen LogP contribution in [0, 0.1) is 10.1 Å². The van der Waals surface area contributed by atoms with Crippen molar-refractivity contribution in [2.75, 3.05) is 12.4 Å². The zero-order valence-electron chi connectivity index (χ0n) is 17.8. The summed E-state index contributed by atoms with van der Waals surface area (Å²) < 4.78 is 10.9. The highest BCUT2D eigenvalue weighted by atomic mass is 16.6. The van der Waals surface area contributed by atoms with Crippen molar-refractivity contribution in [3.63, 3.8) is 0 Å². The molecule has 0 spiro atoms. The molecule has 0 saturated carbocycles. The fraction of sp³-hybridized carbons (Fsp3) is 0.0417. The number of anilines is 1. The van der Waals surface area contributed by atoms with Crippen molar-refractivity contribution in [2.24, 2.45) is 0 Å². The van der Waals surface area contributed by atoms with E-state index in [4.69, 9.17) is 9.47 Å². The molecule has 1 heterocycles. The number of amides is 1. The van der Waals surface area contributed by atoms with E-state index >= 15 is 0 Å². The topological polar surface area (TPSA) is 136 Å². The highest BCUT2D eigenvalue weighted by molar-refractivity contribution is 6.07. The van der Waals surface area contributed by atoms with E-state index in [1.165, 1.54) is 25.3 Å². The first kappa shape index (κ1) is 22.2. The van der Waals surface area contributed by atoms with E-state index in [9.17, 15) is 19.7 Å². The van der Waals surface area contributed by atoms with Crippen molar-refractivity contribution in [2.45, 2.75) is 0 Å². The largest absolute Gasteiger partial charge is 0.497 e. The number of rotatable bonds is 7. The second-order valence-electron chi connectivity index (χ2n) is 7.06. The molecule has 1 amide bonds. The van der Waals surface area contributed by atoms with E-state index in [-0.39, 0.29) is 22.6 Å². The fourth-order valence-corrected chi connectivity index (χ4v) is 3.13. The van der Waals surface area contributed by atoms with Gasteiger partial charge in [-0.1, -0.05) is 12.1 Å². The van der Waals surface area contributed by atoms with Gasteiger partial charge in [0.05, 0.1) is 23.3 Å². The number of aromatic amines is 1. The van der Waals surface area contributed by atoms with Gasteiger partial charge in [-0.25, -0.2) is 5.10 Å².